The summed E-state index contributed by atoms with van der Waals surface area (Å²) in [5, 5.41) is 14.0. The van der Waals surface area contributed by atoms with Gasteiger partial charge in [-0.15, -0.1) is 0 Å². The molecule has 4 aromatic rings. The molecule has 1 saturated heterocycles. The average molecular weight is 608 g/mol. The Labute approximate surface area is 267 Å². The molecular weight excluding hydrogens is 562 g/mol. The van der Waals surface area contributed by atoms with Crippen LogP contribution in [-0.4, -0.2) is 52.3 Å². The Hall–Kier alpha value is -4.43. The summed E-state index contributed by atoms with van der Waals surface area (Å²) in [6.45, 7) is 14.4. The van der Waals surface area contributed by atoms with E-state index in [4.69, 9.17) is 9.72 Å². The van der Waals surface area contributed by atoms with Crippen LogP contribution in [0.4, 0.5) is 22.2 Å². The van der Waals surface area contributed by atoms with E-state index in [1.807, 2.05) is 58.0 Å². The number of nitrogens with one attached hydrogen (secondary N) is 1. The molecule has 1 amide bonds. The van der Waals surface area contributed by atoms with E-state index < -0.39 is 12.1 Å². The fraction of sp³-hybridized carbons (Fsp3) is 0.378. The Morgan fingerprint density at radius 3 is 2.31 bits per heavy atom. The third-order valence-corrected chi connectivity index (χ3v) is 8.54. The molecule has 5 rings (SSSR count). The highest BCUT2D eigenvalue weighted by Gasteiger charge is 2.33. The number of carbonyl (C=O) groups is 1. The van der Waals surface area contributed by atoms with Crippen molar-refractivity contribution in [1.82, 2.24) is 14.9 Å². The number of ether oxygens (including phenoxy) is 1. The van der Waals surface area contributed by atoms with E-state index in [1.54, 1.807) is 12.3 Å². The first-order valence-electron chi connectivity index (χ1n) is 15.9. The number of benzene rings is 3. The SMILES string of the molecule is Cc1cc(C)c(C(c2cc(C)ccc2C)N(C(=O)O)c2ccnc(Nc3ccc(OCCCN4CCCCC4)cc3)n2)c(C)c1. The van der Waals surface area contributed by atoms with Crippen LogP contribution in [0.1, 0.15) is 70.7 Å². The van der Waals surface area contributed by atoms with E-state index in [0.29, 0.717) is 18.4 Å². The minimum absolute atomic E-state index is 0.291. The van der Waals surface area contributed by atoms with E-state index in [2.05, 4.69) is 46.4 Å². The number of rotatable bonds is 11. The number of hydrogen-bond acceptors (Lipinski definition) is 6. The zero-order chi connectivity index (χ0) is 31.9. The lowest BCUT2D eigenvalue weighted by Crippen LogP contribution is -2.36. The van der Waals surface area contributed by atoms with Crippen molar-refractivity contribution in [1.29, 1.82) is 0 Å². The molecule has 1 fully saturated rings. The smallest absolute Gasteiger partial charge is 0.413 e. The van der Waals surface area contributed by atoms with Crippen molar-refractivity contribution in [2.24, 2.45) is 0 Å². The Balaban J connectivity index is 1.37. The predicted octanol–water partition coefficient (Wildman–Crippen LogP) is 8.29. The molecule has 1 aliphatic heterocycles. The first kappa shape index (κ1) is 32.0. The number of nitrogens with zero attached hydrogens (tertiary/aromatic N) is 4. The van der Waals surface area contributed by atoms with Crippen LogP contribution < -0.4 is 15.0 Å². The van der Waals surface area contributed by atoms with Gasteiger partial charge in [0, 0.05) is 18.4 Å². The molecule has 0 bridgehead atoms. The molecule has 1 aromatic heterocycles. The summed E-state index contributed by atoms with van der Waals surface area (Å²) >= 11 is 0. The van der Waals surface area contributed by atoms with Crippen molar-refractivity contribution in [3.63, 3.8) is 0 Å². The van der Waals surface area contributed by atoms with Gasteiger partial charge in [0.15, 0.2) is 0 Å². The van der Waals surface area contributed by atoms with Crippen LogP contribution in [0.15, 0.2) is 66.9 Å². The van der Waals surface area contributed by atoms with Crippen molar-refractivity contribution in [2.45, 2.75) is 66.3 Å². The second-order valence-electron chi connectivity index (χ2n) is 12.2. The van der Waals surface area contributed by atoms with Crippen LogP contribution in [0.3, 0.4) is 0 Å². The highest BCUT2D eigenvalue weighted by Crippen LogP contribution is 2.38. The first-order chi connectivity index (χ1) is 21.7. The average Bonchev–Trinajstić information content (AvgIpc) is 3.01. The topological polar surface area (TPSA) is 90.8 Å². The summed E-state index contributed by atoms with van der Waals surface area (Å²) in [4.78, 5) is 26.1. The molecule has 0 saturated carbocycles. The molecule has 2 heterocycles. The number of piperidine rings is 1. The molecule has 236 valence electrons. The third-order valence-electron chi connectivity index (χ3n) is 8.54. The lowest BCUT2D eigenvalue weighted by atomic mass is 9.86. The molecule has 45 heavy (non-hydrogen) atoms. The summed E-state index contributed by atoms with van der Waals surface area (Å²) in [5.41, 5.74) is 7.94. The van der Waals surface area contributed by atoms with Gasteiger partial charge < -0.3 is 20.1 Å². The van der Waals surface area contributed by atoms with E-state index in [1.165, 1.54) is 37.3 Å². The lowest BCUT2D eigenvalue weighted by Gasteiger charge is -2.33. The zero-order valence-corrected chi connectivity index (χ0v) is 27.1. The molecule has 0 spiro atoms. The van der Waals surface area contributed by atoms with Gasteiger partial charge in [-0.25, -0.2) is 14.7 Å². The number of anilines is 3. The van der Waals surface area contributed by atoms with Crippen molar-refractivity contribution in [3.8, 4) is 5.75 Å². The molecule has 2 N–H and O–H groups in total. The van der Waals surface area contributed by atoms with Crippen molar-refractivity contribution in [2.75, 3.05) is 36.5 Å². The highest BCUT2D eigenvalue weighted by atomic mass is 16.5. The summed E-state index contributed by atoms with van der Waals surface area (Å²) in [7, 11) is 0. The normalized spacial score (nSPS) is 14.2. The molecule has 3 aromatic carbocycles. The Morgan fingerprint density at radius 1 is 0.911 bits per heavy atom. The van der Waals surface area contributed by atoms with Gasteiger partial charge in [0.05, 0.1) is 12.6 Å². The largest absolute Gasteiger partial charge is 0.494 e. The van der Waals surface area contributed by atoms with Gasteiger partial charge in [-0.3, -0.25) is 0 Å². The number of aryl methyl sites for hydroxylation is 5. The van der Waals surface area contributed by atoms with Gasteiger partial charge in [0.25, 0.3) is 0 Å². The second-order valence-corrected chi connectivity index (χ2v) is 12.2. The maximum absolute atomic E-state index is 13.1. The van der Waals surface area contributed by atoms with Gasteiger partial charge >= 0.3 is 6.09 Å². The van der Waals surface area contributed by atoms with E-state index in [-0.39, 0.29) is 0 Å². The van der Waals surface area contributed by atoms with Gasteiger partial charge in [0.2, 0.25) is 5.95 Å². The van der Waals surface area contributed by atoms with E-state index in [0.717, 1.165) is 63.3 Å². The van der Waals surface area contributed by atoms with Crippen LogP contribution in [0.5, 0.6) is 5.75 Å². The fourth-order valence-corrected chi connectivity index (χ4v) is 6.41. The third kappa shape index (κ3) is 8.00. The highest BCUT2D eigenvalue weighted by molar-refractivity contribution is 5.87. The molecule has 1 unspecified atom stereocenters. The Morgan fingerprint density at radius 2 is 1.62 bits per heavy atom. The molecular formula is C37H45N5O3. The maximum Gasteiger partial charge on any atom is 0.413 e. The van der Waals surface area contributed by atoms with Gasteiger partial charge in [-0.1, -0.05) is 47.9 Å². The number of aromatic nitrogens is 2. The molecule has 1 atom stereocenters. The van der Waals surface area contributed by atoms with Gasteiger partial charge in [-0.2, -0.15) is 4.98 Å². The van der Waals surface area contributed by atoms with Crippen LogP contribution in [0.25, 0.3) is 0 Å². The second kappa shape index (κ2) is 14.6. The van der Waals surface area contributed by atoms with Crippen molar-refractivity contribution >= 4 is 23.5 Å². The minimum Gasteiger partial charge on any atom is -0.494 e. The van der Waals surface area contributed by atoms with E-state index >= 15 is 0 Å². The standard InChI is InChI=1S/C37H45N5O3/c1-25-10-11-27(3)32(24-25)35(34-28(4)22-26(2)23-29(34)5)42(37(43)44)33-16-17-38-36(40-33)39-30-12-14-31(15-13-30)45-21-9-20-41-18-7-6-8-19-41/h10-17,22-24,35H,6-9,18-21H2,1-5H3,(H,43,44)(H,38,39,40). The van der Waals surface area contributed by atoms with Crippen LogP contribution >= 0.6 is 0 Å². The minimum atomic E-state index is -1.09. The lowest BCUT2D eigenvalue weighted by molar-refractivity contribution is 0.200. The Kier molecular flexibility index (Phi) is 10.4. The predicted molar refractivity (Wildman–Crippen MR) is 181 cm³/mol. The molecule has 0 radical (unpaired) electrons. The van der Waals surface area contributed by atoms with Crippen molar-refractivity contribution in [3.05, 3.63) is 106 Å². The van der Waals surface area contributed by atoms with Gasteiger partial charge in [-0.05, 0) is 125 Å². The number of hydrogen-bond donors (Lipinski definition) is 2. The fourth-order valence-electron chi connectivity index (χ4n) is 6.41. The monoisotopic (exact) mass is 607 g/mol. The maximum atomic E-state index is 13.1. The van der Waals surface area contributed by atoms with Crippen molar-refractivity contribution < 1.29 is 14.6 Å². The zero-order valence-electron chi connectivity index (χ0n) is 27.1. The van der Waals surface area contributed by atoms with Crippen LogP contribution in [-0.2, 0) is 0 Å². The molecule has 8 heteroatoms. The summed E-state index contributed by atoms with van der Waals surface area (Å²) in [6, 6.07) is 19.1. The molecule has 8 nitrogen and oxygen atoms in total. The number of carboxylic acid groups (broad SMARTS) is 1. The number of amides is 1. The van der Waals surface area contributed by atoms with Gasteiger partial charge in [0.1, 0.15) is 11.6 Å². The van der Waals surface area contributed by atoms with E-state index in [9.17, 15) is 9.90 Å². The summed E-state index contributed by atoms with van der Waals surface area (Å²) < 4.78 is 5.98. The molecule has 0 aliphatic carbocycles. The summed E-state index contributed by atoms with van der Waals surface area (Å²) in [5.74, 6) is 1.41. The first-order valence-corrected chi connectivity index (χ1v) is 15.9. The molecule has 1 aliphatic rings. The summed E-state index contributed by atoms with van der Waals surface area (Å²) in [6.07, 6.45) is 5.46. The van der Waals surface area contributed by atoms with Crippen LogP contribution in [0, 0.1) is 34.6 Å². The Bertz CT molecular complexity index is 1590. The number of likely N-dealkylation sites (tertiary alicyclic amines) is 1. The van der Waals surface area contributed by atoms with Crippen LogP contribution in [0.2, 0.25) is 0 Å². The quantitative estimate of drug-likeness (QED) is 0.166.